The van der Waals surface area contributed by atoms with E-state index in [1.54, 1.807) is 12.3 Å². The molecule has 9 nitrogen and oxygen atoms in total. The molecule has 0 bridgehead atoms. The van der Waals surface area contributed by atoms with Crippen LogP contribution in [0.25, 0.3) is 0 Å². The Balaban J connectivity index is 1.43. The molecular weight excluding hydrogens is 478 g/mol. The lowest BCUT2D eigenvalue weighted by molar-refractivity contribution is -0.0493. The summed E-state index contributed by atoms with van der Waals surface area (Å²) in [6, 6.07) is 8.93. The molecule has 1 aliphatic heterocycles. The fourth-order valence-electron chi connectivity index (χ4n) is 5.05. The molecule has 0 unspecified atom stereocenters. The van der Waals surface area contributed by atoms with E-state index in [-0.39, 0.29) is 22.8 Å². The van der Waals surface area contributed by atoms with Gasteiger partial charge in [0.1, 0.15) is 5.82 Å². The number of anilines is 6. The Bertz CT molecular complexity index is 1270. The molecule has 5 rings (SSSR count). The van der Waals surface area contributed by atoms with E-state index < -0.39 is 6.61 Å². The largest absolute Gasteiger partial charge is 0.433 e. The number of pyridine rings is 1. The molecule has 11 heteroatoms. The van der Waals surface area contributed by atoms with Gasteiger partial charge in [0.25, 0.3) is 0 Å². The van der Waals surface area contributed by atoms with Gasteiger partial charge in [-0.1, -0.05) is 6.42 Å². The maximum absolute atomic E-state index is 13.3. The molecule has 196 valence electrons. The number of aromatic nitrogens is 3. The zero-order valence-corrected chi connectivity index (χ0v) is 21.3. The molecule has 2 aromatic heterocycles. The van der Waals surface area contributed by atoms with Crippen molar-refractivity contribution in [2.45, 2.75) is 31.3 Å². The number of halogens is 2. The highest BCUT2D eigenvalue weighted by Gasteiger charge is 2.48. The van der Waals surface area contributed by atoms with E-state index in [9.17, 15) is 8.78 Å². The van der Waals surface area contributed by atoms with Gasteiger partial charge in [0.15, 0.2) is 5.75 Å². The van der Waals surface area contributed by atoms with E-state index in [2.05, 4.69) is 26.3 Å². The second-order valence-corrected chi connectivity index (χ2v) is 9.97. The van der Waals surface area contributed by atoms with Crippen molar-refractivity contribution in [3.05, 3.63) is 48.4 Å². The van der Waals surface area contributed by atoms with Crippen LogP contribution in [0.4, 0.5) is 43.3 Å². The van der Waals surface area contributed by atoms with Crippen LogP contribution in [0.1, 0.15) is 25.0 Å². The van der Waals surface area contributed by atoms with Gasteiger partial charge in [-0.2, -0.15) is 13.8 Å². The second kappa shape index (κ2) is 9.97. The van der Waals surface area contributed by atoms with Crippen LogP contribution in [0.5, 0.6) is 5.75 Å². The van der Waals surface area contributed by atoms with Gasteiger partial charge < -0.3 is 30.5 Å². The lowest BCUT2D eigenvalue weighted by atomic mass is 9.67. The van der Waals surface area contributed by atoms with Crippen molar-refractivity contribution in [2.75, 3.05) is 61.6 Å². The predicted molar refractivity (Wildman–Crippen MR) is 141 cm³/mol. The quantitative estimate of drug-likeness (QED) is 0.407. The van der Waals surface area contributed by atoms with E-state index in [4.69, 9.17) is 15.5 Å². The topological polar surface area (TPSA) is 95.7 Å². The number of ether oxygens (including phenoxy) is 1. The summed E-state index contributed by atoms with van der Waals surface area (Å²) in [5.41, 5.74) is 9.83. The smallest absolute Gasteiger partial charge is 0.387 e. The maximum Gasteiger partial charge on any atom is 0.387 e. The van der Waals surface area contributed by atoms with E-state index in [0.717, 1.165) is 37.3 Å². The van der Waals surface area contributed by atoms with Crippen LogP contribution in [0.2, 0.25) is 0 Å². The Kier molecular flexibility index (Phi) is 6.72. The van der Waals surface area contributed by atoms with Crippen LogP contribution < -0.4 is 25.6 Å². The summed E-state index contributed by atoms with van der Waals surface area (Å²) < 4.78 is 31.5. The Hall–Kier alpha value is -3.73. The van der Waals surface area contributed by atoms with Crippen LogP contribution >= 0.6 is 0 Å². The lowest BCUT2D eigenvalue weighted by Crippen LogP contribution is -2.38. The standard InChI is InChI=1S/C26H32F2N8O/c1-34(2)12-13-35(3)20-15-21(37-24(27)28)18(14-17(20)29)32-25-31-11-7-22(33-25)36-16-26(8-5-9-26)23-19(36)6-4-10-30-23/h4,6-7,10-11,14-15,24H,5,8-9,12-13,16,29H2,1-3H3,(H,31,32,33). The summed E-state index contributed by atoms with van der Waals surface area (Å²) in [4.78, 5) is 19.8. The maximum atomic E-state index is 13.3. The molecular formula is C26H32F2N8O. The molecule has 3 heterocycles. The third-order valence-corrected chi connectivity index (χ3v) is 7.15. The number of nitrogen functional groups attached to an aromatic ring is 1. The fraction of sp³-hybridized carbons (Fsp3) is 0.423. The highest BCUT2D eigenvalue weighted by molar-refractivity contribution is 5.79. The summed E-state index contributed by atoms with van der Waals surface area (Å²) in [7, 11) is 5.79. The molecule has 1 spiro atoms. The summed E-state index contributed by atoms with van der Waals surface area (Å²) >= 11 is 0. The van der Waals surface area contributed by atoms with Gasteiger partial charge in [0.05, 0.1) is 28.4 Å². The van der Waals surface area contributed by atoms with Gasteiger partial charge in [0, 0.05) is 50.6 Å². The van der Waals surface area contributed by atoms with Crippen LogP contribution in [-0.4, -0.2) is 67.2 Å². The van der Waals surface area contributed by atoms with E-state index in [1.807, 2.05) is 49.3 Å². The van der Waals surface area contributed by atoms with Crippen molar-refractivity contribution in [2.24, 2.45) is 0 Å². The second-order valence-electron chi connectivity index (χ2n) is 9.97. The number of nitrogens with one attached hydrogen (secondary N) is 1. The molecule has 0 radical (unpaired) electrons. The lowest BCUT2D eigenvalue weighted by Gasteiger charge is -2.38. The van der Waals surface area contributed by atoms with E-state index in [1.165, 1.54) is 12.5 Å². The SMILES string of the molecule is CN(C)CCN(C)c1cc(OC(F)F)c(Nc2nccc(N3CC4(CCC4)c4ncccc43)n2)cc1N. The molecule has 37 heavy (non-hydrogen) atoms. The molecule has 0 amide bonds. The van der Waals surface area contributed by atoms with Crippen molar-refractivity contribution in [1.82, 2.24) is 19.9 Å². The first kappa shape index (κ1) is 24.9. The summed E-state index contributed by atoms with van der Waals surface area (Å²) in [6.07, 6.45) is 6.88. The third kappa shape index (κ3) is 4.95. The molecule has 1 aromatic carbocycles. The van der Waals surface area contributed by atoms with Crippen LogP contribution in [0.3, 0.4) is 0 Å². The molecule has 0 atom stereocenters. The molecule has 0 saturated heterocycles. The summed E-state index contributed by atoms with van der Waals surface area (Å²) in [5, 5.41) is 3.04. The van der Waals surface area contributed by atoms with Crippen molar-refractivity contribution >= 4 is 34.5 Å². The van der Waals surface area contributed by atoms with Crippen LogP contribution in [0.15, 0.2) is 42.7 Å². The Morgan fingerprint density at radius 1 is 1.14 bits per heavy atom. The van der Waals surface area contributed by atoms with Gasteiger partial charge in [-0.25, -0.2) is 4.98 Å². The Labute approximate surface area is 215 Å². The number of rotatable bonds is 9. The van der Waals surface area contributed by atoms with Crippen LogP contribution in [-0.2, 0) is 5.41 Å². The first-order chi connectivity index (χ1) is 17.8. The third-order valence-electron chi connectivity index (χ3n) is 7.15. The van der Waals surface area contributed by atoms with Crippen molar-refractivity contribution in [3.63, 3.8) is 0 Å². The number of nitrogens with two attached hydrogens (primary N) is 1. The van der Waals surface area contributed by atoms with E-state index >= 15 is 0 Å². The Morgan fingerprint density at radius 3 is 2.65 bits per heavy atom. The van der Waals surface area contributed by atoms with Crippen molar-refractivity contribution in [1.29, 1.82) is 0 Å². The number of nitrogens with zero attached hydrogens (tertiary/aromatic N) is 6. The fourth-order valence-corrected chi connectivity index (χ4v) is 5.05. The number of likely N-dealkylation sites (N-methyl/N-ethyl adjacent to an activating group) is 2. The number of benzene rings is 1. The molecule has 2 aliphatic rings. The first-order valence-corrected chi connectivity index (χ1v) is 12.3. The highest BCUT2D eigenvalue weighted by Crippen LogP contribution is 2.53. The predicted octanol–water partition coefficient (Wildman–Crippen LogP) is 4.37. The number of fused-ring (bicyclic) bond motifs is 2. The monoisotopic (exact) mass is 510 g/mol. The molecule has 3 N–H and O–H groups in total. The molecule has 1 saturated carbocycles. The average Bonchev–Trinajstić information content (AvgIpc) is 3.20. The Morgan fingerprint density at radius 2 is 1.95 bits per heavy atom. The van der Waals surface area contributed by atoms with Gasteiger partial charge >= 0.3 is 6.61 Å². The zero-order chi connectivity index (χ0) is 26.2. The first-order valence-electron chi connectivity index (χ1n) is 12.3. The van der Waals surface area contributed by atoms with Gasteiger partial charge in [-0.3, -0.25) is 4.98 Å². The van der Waals surface area contributed by atoms with Gasteiger partial charge in [-0.05, 0) is 51.2 Å². The van der Waals surface area contributed by atoms with Crippen LogP contribution in [0, 0.1) is 0 Å². The molecule has 1 aliphatic carbocycles. The minimum Gasteiger partial charge on any atom is -0.433 e. The van der Waals surface area contributed by atoms with Crippen molar-refractivity contribution < 1.29 is 13.5 Å². The van der Waals surface area contributed by atoms with Gasteiger partial charge in [0.2, 0.25) is 5.95 Å². The normalized spacial score (nSPS) is 15.7. The summed E-state index contributed by atoms with van der Waals surface area (Å²) in [5.74, 6) is 0.929. The highest BCUT2D eigenvalue weighted by atomic mass is 19.3. The van der Waals surface area contributed by atoms with Crippen molar-refractivity contribution in [3.8, 4) is 5.75 Å². The number of hydrogen-bond donors (Lipinski definition) is 2. The minimum atomic E-state index is -3.00. The van der Waals surface area contributed by atoms with E-state index in [0.29, 0.717) is 23.7 Å². The average molecular weight is 511 g/mol. The summed E-state index contributed by atoms with van der Waals surface area (Å²) in [6.45, 7) is -0.755. The zero-order valence-electron chi connectivity index (χ0n) is 21.3. The number of hydrogen-bond acceptors (Lipinski definition) is 9. The van der Waals surface area contributed by atoms with Gasteiger partial charge in [-0.15, -0.1) is 0 Å². The molecule has 1 fully saturated rings. The number of alkyl halides is 2. The molecule has 3 aromatic rings. The minimum absolute atomic E-state index is 0.0333.